The van der Waals surface area contributed by atoms with E-state index in [-0.39, 0.29) is 18.0 Å². The molecule has 2 N–H and O–H groups in total. The zero-order valence-electron chi connectivity index (χ0n) is 10.8. The Kier molecular flexibility index (Phi) is 4.17. The monoisotopic (exact) mass is 380 g/mol. The van der Waals surface area contributed by atoms with Crippen LogP contribution in [0.3, 0.4) is 0 Å². The first kappa shape index (κ1) is 15.8. The fourth-order valence-corrected chi connectivity index (χ4v) is 4.35. The van der Waals surface area contributed by atoms with Gasteiger partial charge < -0.3 is 5.73 Å². The smallest absolute Gasteiger partial charge is 0.243 e. The molecule has 0 radical (unpaired) electrons. The lowest BCUT2D eigenvalue weighted by atomic mass is 9.89. The molecule has 1 aromatic carbocycles. The summed E-state index contributed by atoms with van der Waals surface area (Å²) in [5, 5.41) is 0.437. The van der Waals surface area contributed by atoms with Crippen LogP contribution < -0.4 is 5.73 Å². The van der Waals surface area contributed by atoms with Crippen LogP contribution in [0, 0.1) is 5.41 Å². The predicted octanol–water partition coefficient (Wildman–Crippen LogP) is 1.99. The van der Waals surface area contributed by atoms with Crippen molar-refractivity contribution in [3.05, 3.63) is 27.7 Å². The predicted molar refractivity (Wildman–Crippen MR) is 79.8 cm³/mol. The Hall–Kier alpha value is -0.630. The van der Waals surface area contributed by atoms with Crippen molar-refractivity contribution in [3.8, 4) is 0 Å². The van der Waals surface area contributed by atoms with Gasteiger partial charge in [-0.3, -0.25) is 4.79 Å². The van der Waals surface area contributed by atoms with E-state index in [0.29, 0.717) is 15.9 Å². The molecule has 1 aliphatic rings. The first-order valence-electron chi connectivity index (χ1n) is 5.92. The van der Waals surface area contributed by atoms with Crippen molar-refractivity contribution in [3.63, 3.8) is 0 Å². The summed E-state index contributed by atoms with van der Waals surface area (Å²) in [5.74, 6) is -0.479. The van der Waals surface area contributed by atoms with Crippen LogP contribution in [0.4, 0.5) is 0 Å². The van der Waals surface area contributed by atoms with Gasteiger partial charge in [-0.25, -0.2) is 8.42 Å². The Labute approximate surface area is 131 Å². The standard InChI is InChI=1S/C12H14BrClN2O3S/c1-12(11(15)17)4-5-16(7-12)20(18,19)8-2-3-10(14)9(13)6-8/h2-3,6H,4-5,7H2,1H3,(H2,15,17). The summed E-state index contributed by atoms with van der Waals surface area (Å²) in [6.07, 6.45) is 0.427. The van der Waals surface area contributed by atoms with Gasteiger partial charge in [0.05, 0.1) is 15.3 Å². The highest BCUT2D eigenvalue weighted by atomic mass is 79.9. The van der Waals surface area contributed by atoms with Gasteiger partial charge in [-0.05, 0) is 47.5 Å². The molecule has 1 unspecified atom stereocenters. The fraction of sp³-hybridized carbons (Fsp3) is 0.417. The molecule has 1 aromatic rings. The number of hydrogen-bond acceptors (Lipinski definition) is 3. The molecule has 5 nitrogen and oxygen atoms in total. The molecule has 0 aromatic heterocycles. The quantitative estimate of drug-likeness (QED) is 0.869. The Balaban J connectivity index is 2.33. The molecule has 1 heterocycles. The number of nitrogens with two attached hydrogens (primary N) is 1. The highest BCUT2D eigenvalue weighted by Crippen LogP contribution is 2.34. The van der Waals surface area contributed by atoms with Crippen molar-refractivity contribution in [2.45, 2.75) is 18.2 Å². The van der Waals surface area contributed by atoms with Crippen LogP contribution in [0.25, 0.3) is 0 Å². The van der Waals surface area contributed by atoms with Crippen LogP contribution in [-0.4, -0.2) is 31.7 Å². The summed E-state index contributed by atoms with van der Waals surface area (Å²) in [7, 11) is -3.65. The topological polar surface area (TPSA) is 80.5 Å². The number of carbonyl (C=O) groups excluding carboxylic acids is 1. The van der Waals surface area contributed by atoms with E-state index in [1.54, 1.807) is 6.92 Å². The SMILES string of the molecule is CC1(C(N)=O)CCN(S(=O)(=O)c2ccc(Cl)c(Br)c2)C1. The lowest BCUT2D eigenvalue weighted by Crippen LogP contribution is -2.38. The van der Waals surface area contributed by atoms with Gasteiger partial charge in [-0.2, -0.15) is 4.31 Å². The van der Waals surface area contributed by atoms with Crippen molar-refractivity contribution < 1.29 is 13.2 Å². The number of rotatable bonds is 3. The molecule has 1 aliphatic heterocycles. The van der Waals surface area contributed by atoms with E-state index >= 15 is 0 Å². The summed E-state index contributed by atoms with van der Waals surface area (Å²) < 4.78 is 26.8. The molecule has 1 saturated heterocycles. The van der Waals surface area contributed by atoms with Gasteiger partial charge in [0.2, 0.25) is 15.9 Å². The van der Waals surface area contributed by atoms with Gasteiger partial charge in [0.15, 0.2) is 0 Å². The van der Waals surface area contributed by atoms with E-state index in [4.69, 9.17) is 17.3 Å². The van der Waals surface area contributed by atoms with Crippen molar-refractivity contribution >= 4 is 43.5 Å². The number of hydrogen-bond donors (Lipinski definition) is 1. The van der Waals surface area contributed by atoms with E-state index in [2.05, 4.69) is 15.9 Å². The second-order valence-electron chi connectivity index (χ2n) is 5.09. The number of sulfonamides is 1. The molecular weight excluding hydrogens is 368 g/mol. The highest BCUT2D eigenvalue weighted by molar-refractivity contribution is 9.10. The Morgan fingerprint density at radius 3 is 2.65 bits per heavy atom. The number of primary amides is 1. The highest BCUT2D eigenvalue weighted by Gasteiger charge is 2.43. The van der Waals surface area contributed by atoms with Crippen molar-refractivity contribution in [2.24, 2.45) is 11.1 Å². The molecule has 8 heteroatoms. The number of halogens is 2. The van der Waals surface area contributed by atoms with E-state index in [1.807, 2.05) is 0 Å². The number of nitrogens with zero attached hydrogens (tertiary/aromatic N) is 1. The molecule has 2 rings (SSSR count). The summed E-state index contributed by atoms with van der Waals surface area (Å²) in [5.41, 5.74) is 4.53. The average molecular weight is 382 g/mol. The fourth-order valence-electron chi connectivity index (χ4n) is 2.11. The molecule has 0 aliphatic carbocycles. The van der Waals surface area contributed by atoms with E-state index in [9.17, 15) is 13.2 Å². The van der Waals surface area contributed by atoms with Crippen LogP contribution in [0.15, 0.2) is 27.6 Å². The number of amides is 1. The van der Waals surface area contributed by atoms with E-state index in [0.717, 1.165) is 0 Å². The maximum absolute atomic E-state index is 12.5. The zero-order chi connectivity index (χ0) is 15.1. The van der Waals surface area contributed by atoms with Crippen LogP contribution in [-0.2, 0) is 14.8 Å². The molecule has 1 fully saturated rings. The van der Waals surface area contributed by atoms with Gasteiger partial charge in [-0.15, -0.1) is 0 Å². The van der Waals surface area contributed by atoms with Crippen LogP contribution in [0.1, 0.15) is 13.3 Å². The molecule has 0 spiro atoms. The minimum atomic E-state index is -3.65. The van der Waals surface area contributed by atoms with Gasteiger partial charge in [0, 0.05) is 17.6 Å². The van der Waals surface area contributed by atoms with Gasteiger partial charge >= 0.3 is 0 Å². The van der Waals surface area contributed by atoms with Gasteiger partial charge in [0.25, 0.3) is 0 Å². The minimum Gasteiger partial charge on any atom is -0.369 e. The minimum absolute atomic E-state index is 0.102. The van der Waals surface area contributed by atoms with Gasteiger partial charge in [0.1, 0.15) is 0 Å². The Bertz CT molecular complexity index is 665. The Morgan fingerprint density at radius 1 is 1.50 bits per heavy atom. The molecular formula is C12H14BrClN2O3S. The van der Waals surface area contributed by atoms with E-state index < -0.39 is 21.3 Å². The lowest BCUT2D eigenvalue weighted by molar-refractivity contribution is -0.126. The molecule has 0 saturated carbocycles. The molecule has 1 atom stereocenters. The van der Waals surface area contributed by atoms with Crippen LogP contribution in [0.5, 0.6) is 0 Å². The largest absolute Gasteiger partial charge is 0.369 e. The molecule has 110 valence electrons. The second-order valence-corrected chi connectivity index (χ2v) is 8.29. The summed E-state index contributed by atoms with van der Waals surface area (Å²) in [4.78, 5) is 11.5. The maximum Gasteiger partial charge on any atom is 0.243 e. The molecule has 1 amide bonds. The zero-order valence-corrected chi connectivity index (χ0v) is 13.9. The molecule has 0 bridgehead atoms. The number of benzene rings is 1. The van der Waals surface area contributed by atoms with Gasteiger partial charge in [-0.1, -0.05) is 11.6 Å². The summed E-state index contributed by atoms with van der Waals surface area (Å²) in [6.45, 7) is 2.07. The second kappa shape index (κ2) is 5.29. The lowest BCUT2D eigenvalue weighted by Gasteiger charge is -2.21. The van der Waals surface area contributed by atoms with Crippen LogP contribution in [0.2, 0.25) is 5.02 Å². The third-order valence-corrected chi connectivity index (χ3v) is 6.62. The third-order valence-electron chi connectivity index (χ3n) is 3.56. The maximum atomic E-state index is 12.5. The third kappa shape index (κ3) is 2.72. The van der Waals surface area contributed by atoms with E-state index in [1.165, 1.54) is 22.5 Å². The first-order chi connectivity index (χ1) is 9.17. The summed E-state index contributed by atoms with van der Waals surface area (Å²) in [6, 6.07) is 4.42. The summed E-state index contributed by atoms with van der Waals surface area (Å²) >= 11 is 9.06. The first-order valence-corrected chi connectivity index (χ1v) is 8.53. The Morgan fingerprint density at radius 2 is 2.15 bits per heavy atom. The van der Waals surface area contributed by atoms with Crippen LogP contribution >= 0.6 is 27.5 Å². The normalized spacial score (nSPS) is 23.9. The number of carbonyl (C=O) groups is 1. The van der Waals surface area contributed by atoms with Crippen molar-refractivity contribution in [1.29, 1.82) is 0 Å². The average Bonchev–Trinajstić information content (AvgIpc) is 2.77. The molecule has 20 heavy (non-hydrogen) atoms. The van der Waals surface area contributed by atoms with Crippen molar-refractivity contribution in [1.82, 2.24) is 4.31 Å². The van der Waals surface area contributed by atoms with Crippen molar-refractivity contribution in [2.75, 3.05) is 13.1 Å².